The molecule has 0 N–H and O–H groups in total. The summed E-state index contributed by atoms with van der Waals surface area (Å²) in [4.78, 5) is 0.287. The lowest BCUT2D eigenvalue weighted by molar-refractivity contribution is 0.595. The Labute approximate surface area is 120 Å². The number of benzene rings is 2. The number of halogens is 2. The maximum atomic E-state index is 12.1. The van der Waals surface area contributed by atoms with Crippen LogP contribution in [0.4, 0.5) is 0 Å². The second-order valence-electron chi connectivity index (χ2n) is 3.84. The van der Waals surface area contributed by atoms with Crippen LogP contribution >= 0.6 is 27.5 Å². The van der Waals surface area contributed by atoms with Crippen molar-refractivity contribution in [1.29, 1.82) is 0 Å². The van der Waals surface area contributed by atoms with E-state index < -0.39 is 9.84 Å². The highest BCUT2D eigenvalue weighted by molar-refractivity contribution is 9.10. The van der Waals surface area contributed by atoms with Crippen molar-refractivity contribution in [3.05, 3.63) is 63.6 Å². The first-order valence-electron chi connectivity index (χ1n) is 5.20. The van der Waals surface area contributed by atoms with Gasteiger partial charge in [0.1, 0.15) is 0 Å². The van der Waals surface area contributed by atoms with Gasteiger partial charge < -0.3 is 0 Å². The Morgan fingerprint density at radius 2 is 1.50 bits per heavy atom. The molecule has 0 saturated carbocycles. The Morgan fingerprint density at radius 1 is 0.944 bits per heavy atom. The minimum absolute atomic E-state index is 0.0120. The summed E-state index contributed by atoms with van der Waals surface area (Å²) in [6.45, 7) is 0. The van der Waals surface area contributed by atoms with E-state index in [4.69, 9.17) is 11.6 Å². The van der Waals surface area contributed by atoms with E-state index in [0.717, 1.165) is 10.0 Å². The molecule has 0 unspecified atom stereocenters. The second kappa shape index (κ2) is 5.43. The van der Waals surface area contributed by atoms with Gasteiger partial charge in [0, 0.05) is 9.50 Å². The zero-order chi connectivity index (χ0) is 13.2. The summed E-state index contributed by atoms with van der Waals surface area (Å²) in [5.41, 5.74) is 0.758. The molecule has 0 amide bonds. The van der Waals surface area contributed by atoms with Gasteiger partial charge in [-0.25, -0.2) is 8.42 Å². The van der Waals surface area contributed by atoms with E-state index in [1.54, 1.807) is 24.3 Å². The number of hydrogen-bond acceptors (Lipinski definition) is 2. The third-order valence-electron chi connectivity index (χ3n) is 2.44. The lowest BCUT2D eigenvalue weighted by atomic mass is 10.2. The van der Waals surface area contributed by atoms with E-state index in [1.165, 1.54) is 12.1 Å². The van der Waals surface area contributed by atoms with Crippen molar-refractivity contribution in [3.63, 3.8) is 0 Å². The van der Waals surface area contributed by atoms with Gasteiger partial charge in [-0.1, -0.05) is 39.7 Å². The number of sulfone groups is 1. The van der Waals surface area contributed by atoms with Gasteiger partial charge in [0.05, 0.1) is 10.6 Å². The molecule has 0 aliphatic rings. The molecule has 18 heavy (non-hydrogen) atoms. The molecule has 0 atom stereocenters. The summed E-state index contributed by atoms with van der Waals surface area (Å²) in [7, 11) is -3.32. The molecule has 0 radical (unpaired) electrons. The average Bonchev–Trinajstić information content (AvgIpc) is 2.32. The zero-order valence-corrected chi connectivity index (χ0v) is 12.5. The Morgan fingerprint density at radius 3 is 2.06 bits per heavy atom. The Bertz CT molecular complexity index is 634. The zero-order valence-electron chi connectivity index (χ0n) is 9.31. The van der Waals surface area contributed by atoms with E-state index >= 15 is 0 Å². The third kappa shape index (κ3) is 3.34. The molecular formula is C13H10BrClO2S. The summed E-state index contributed by atoms with van der Waals surface area (Å²) < 4.78 is 25.2. The molecule has 0 bridgehead atoms. The molecule has 2 aromatic rings. The Kier molecular flexibility index (Phi) is 4.10. The van der Waals surface area contributed by atoms with Crippen molar-refractivity contribution < 1.29 is 8.42 Å². The van der Waals surface area contributed by atoms with Crippen LogP contribution in [0.15, 0.2) is 57.9 Å². The minimum atomic E-state index is -3.32. The summed E-state index contributed by atoms with van der Waals surface area (Å²) in [6, 6.07) is 13.4. The van der Waals surface area contributed by atoms with Gasteiger partial charge >= 0.3 is 0 Å². The van der Waals surface area contributed by atoms with Crippen LogP contribution < -0.4 is 0 Å². The molecule has 0 aromatic heterocycles. The summed E-state index contributed by atoms with van der Waals surface area (Å²) in [6.07, 6.45) is 0. The van der Waals surface area contributed by atoms with Crippen molar-refractivity contribution in [2.75, 3.05) is 0 Å². The second-order valence-corrected chi connectivity index (χ2v) is 7.18. The summed E-state index contributed by atoms with van der Waals surface area (Å²) >= 11 is 9.05. The standard InChI is InChI=1S/C13H10BrClO2S/c14-11-3-1-10(2-4-11)9-18(16,17)13-7-5-12(15)6-8-13/h1-8H,9H2. The molecule has 94 valence electrons. The SMILES string of the molecule is O=S(=O)(Cc1ccc(Br)cc1)c1ccc(Cl)cc1. The average molecular weight is 346 g/mol. The van der Waals surface area contributed by atoms with Crippen LogP contribution in [0.2, 0.25) is 5.02 Å². The van der Waals surface area contributed by atoms with Crippen molar-refractivity contribution >= 4 is 37.4 Å². The van der Waals surface area contributed by atoms with Gasteiger partial charge in [-0.2, -0.15) is 0 Å². The molecule has 2 aromatic carbocycles. The lowest BCUT2D eigenvalue weighted by Crippen LogP contribution is -2.04. The Balaban J connectivity index is 2.27. The molecule has 0 fully saturated rings. The molecule has 2 nitrogen and oxygen atoms in total. The molecule has 5 heteroatoms. The lowest BCUT2D eigenvalue weighted by Gasteiger charge is -2.05. The van der Waals surface area contributed by atoms with Crippen LogP contribution in [-0.4, -0.2) is 8.42 Å². The van der Waals surface area contributed by atoms with E-state index in [9.17, 15) is 8.42 Å². The van der Waals surface area contributed by atoms with Gasteiger partial charge in [-0.15, -0.1) is 0 Å². The monoisotopic (exact) mass is 344 g/mol. The van der Waals surface area contributed by atoms with Gasteiger partial charge in [-0.3, -0.25) is 0 Å². The van der Waals surface area contributed by atoms with Crippen molar-refractivity contribution in [1.82, 2.24) is 0 Å². The number of rotatable bonds is 3. The molecule has 0 saturated heterocycles. The quantitative estimate of drug-likeness (QED) is 0.840. The highest BCUT2D eigenvalue weighted by Crippen LogP contribution is 2.20. The summed E-state index contributed by atoms with van der Waals surface area (Å²) in [5.74, 6) is -0.0120. The van der Waals surface area contributed by atoms with Gasteiger partial charge in [-0.05, 0) is 42.0 Å². The smallest absolute Gasteiger partial charge is 0.182 e. The maximum Gasteiger partial charge on any atom is 0.182 e. The minimum Gasteiger partial charge on any atom is -0.223 e. The van der Waals surface area contributed by atoms with Gasteiger partial charge in [0.25, 0.3) is 0 Å². The molecule has 0 spiro atoms. The molecule has 0 aliphatic heterocycles. The van der Waals surface area contributed by atoms with E-state index in [0.29, 0.717) is 5.02 Å². The summed E-state index contributed by atoms with van der Waals surface area (Å²) in [5, 5.41) is 0.526. The highest BCUT2D eigenvalue weighted by atomic mass is 79.9. The molecule has 0 aliphatic carbocycles. The fraction of sp³-hybridized carbons (Fsp3) is 0.0769. The number of hydrogen-bond donors (Lipinski definition) is 0. The maximum absolute atomic E-state index is 12.1. The largest absolute Gasteiger partial charge is 0.223 e. The van der Waals surface area contributed by atoms with Gasteiger partial charge in [0.15, 0.2) is 9.84 Å². The van der Waals surface area contributed by atoms with Crippen molar-refractivity contribution in [2.45, 2.75) is 10.6 Å². The van der Waals surface area contributed by atoms with Crippen LogP contribution in [0, 0.1) is 0 Å². The van der Waals surface area contributed by atoms with Crippen LogP contribution in [-0.2, 0) is 15.6 Å². The molecular weight excluding hydrogens is 336 g/mol. The third-order valence-corrected chi connectivity index (χ3v) is 4.93. The normalized spacial score (nSPS) is 11.4. The van der Waals surface area contributed by atoms with Crippen molar-refractivity contribution in [3.8, 4) is 0 Å². The van der Waals surface area contributed by atoms with Gasteiger partial charge in [0.2, 0.25) is 0 Å². The molecule has 0 heterocycles. The van der Waals surface area contributed by atoms with E-state index in [-0.39, 0.29) is 10.6 Å². The highest BCUT2D eigenvalue weighted by Gasteiger charge is 2.14. The first kappa shape index (κ1) is 13.6. The predicted octanol–water partition coefficient (Wildman–Crippen LogP) is 4.08. The van der Waals surface area contributed by atoms with E-state index in [1.807, 2.05) is 12.1 Å². The topological polar surface area (TPSA) is 34.1 Å². The Hall–Kier alpha value is -0.840. The van der Waals surface area contributed by atoms with Crippen LogP contribution in [0.1, 0.15) is 5.56 Å². The van der Waals surface area contributed by atoms with E-state index in [2.05, 4.69) is 15.9 Å². The van der Waals surface area contributed by atoms with Crippen molar-refractivity contribution in [2.24, 2.45) is 0 Å². The van der Waals surface area contributed by atoms with Crippen LogP contribution in [0.25, 0.3) is 0 Å². The van der Waals surface area contributed by atoms with Crippen LogP contribution in [0.5, 0.6) is 0 Å². The predicted molar refractivity (Wildman–Crippen MR) is 76.5 cm³/mol. The fourth-order valence-electron chi connectivity index (χ4n) is 1.53. The van der Waals surface area contributed by atoms with Crippen LogP contribution in [0.3, 0.4) is 0 Å². The molecule has 2 rings (SSSR count). The fourth-order valence-corrected chi connectivity index (χ4v) is 3.26. The first-order valence-corrected chi connectivity index (χ1v) is 8.02. The first-order chi connectivity index (χ1) is 8.47.